The molecule has 0 saturated heterocycles. The highest BCUT2D eigenvalue weighted by molar-refractivity contribution is 5.73. The average Bonchev–Trinajstić information content (AvgIpc) is 2.40. The Morgan fingerprint density at radius 2 is 2.11 bits per heavy atom. The Kier molecular flexibility index (Phi) is 3.95. The van der Waals surface area contributed by atoms with Crippen molar-refractivity contribution in [3.8, 4) is 11.5 Å². The van der Waals surface area contributed by atoms with Crippen LogP contribution in [0, 0.1) is 0 Å². The minimum Gasteiger partial charge on any atom is -0.493 e. The topological polar surface area (TPSA) is 67.8 Å². The monoisotopic (exact) mass is 265 g/mol. The number of methoxy groups -OCH3 is 2. The molecule has 1 aliphatic rings. The van der Waals surface area contributed by atoms with Crippen LogP contribution in [0.5, 0.6) is 11.5 Å². The highest BCUT2D eigenvalue weighted by atomic mass is 16.5. The third-order valence-electron chi connectivity index (χ3n) is 3.48. The van der Waals surface area contributed by atoms with Crippen molar-refractivity contribution in [1.82, 2.24) is 5.32 Å². The first-order valence-corrected chi connectivity index (χ1v) is 6.27. The fourth-order valence-corrected chi connectivity index (χ4v) is 2.63. The van der Waals surface area contributed by atoms with Crippen molar-refractivity contribution in [2.45, 2.75) is 31.9 Å². The molecule has 0 aliphatic heterocycles. The molecule has 0 radical (unpaired) electrons. The van der Waals surface area contributed by atoms with Gasteiger partial charge in [0.05, 0.1) is 26.4 Å². The van der Waals surface area contributed by atoms with Gasteiger partial charge in [0.1, 0.15) is 0 Å². The molecule has 5 nitrogen and oxygen atoms in total. The Bertz CT molecular complexity index is 487. The summed E-state index contributed by atoms with van der Waals surface area (Å²) in [6.45, 7) is 1.46. The van der Waals surface area contributed by atoms with Crippen LogP contribution in [0.2, 0.25) is 0 Å². The molecule has 2 unspecified atom stereocenters. The minimum absolute atomic E-state index is 0.132. The Morgan fingerprint density at radius 3 is 2.68 bits per heavy atom. The van der Waals surface area contributed by atoms with Crippen LogP contribution in [0.4, 0.5) is 0 Å². The first kappa shape index (κ1) is 13.7. The number of hydrogen-bond acceptors (Lipinski definition) is 4. The van der Waals surface area contributed by atoms with E-state index < -0.39 is 6.10 Å². The summed E-state index contributed by atoms with van der Waals surface area (Å²) < 4.78 is 10.6. The van der Waals surface area contributed by atoms with Crippen LogP contribution in [0.1, 0.15) is 30.6 Å². The van der Waals surface area contributed by atoms with Gasteiger partial charge in [-0.1, -0.05) is 6.07 Å². The first-order chi connectivity index (χ1) is 9.08. The third-order valence-corrected chi connectivity index (χ3v) is 3.48. The minimum atomic E-state index is -0.715. The van der Waals surface area contributed by atoms with Crippen LogP contribution in [-0.4, -0.2) is 31.3 Å². The predicted octanol–water partition coefficient (Wildman–Crippen LogP) is 1.19. The maximum absolute atomic E-state index is 11.1. The van der Waals surface area contributed by atoms with Crippen molar-refractivity contribution in [3.05, 3.63) is 23.3 Å². The van der Waals surface area contributed by atoms with Gasteiger partial charge in [0.2, 0.25) is 5.91 Å². The number of ether oxygens (including phenoxy) is 2. The SMILES string of the molecule is COc1ccc2c(c1OC)CCC(NC(C)=O)C2O. The summed E-state index contributed by atoms with van der Waals surface area (Å²) in [4.78, 5) is 11.1. The van der Waals surface area contributed by atoms with Gasteiger partial charge in [-0.05, 0) is 24.5 Å². The lowest BCUT2D eigenvalue weighted by atomic mass is 9.85. The van der Waals surface area contributed by atoms with Gasteiger partial charge in [-0.3, -0.25) is 4.79 Å². The fourth-order valence-electron chi connectivity index (χ4n) is 2.63. The number of hydrogen-bond donors (Lipinski definition) is 2. The van der Waals surface area contributed by atoms with Crippen molar-refractivity contribution in [2.24, 2.45) is 0 Å². The molecule has 2 rings (SSSR count). The summed E-state index contributed by atoms with van der Waals surface area (Å²) >= 11 is 0. The summed E-state index contributed by atoms with van der Waals surface area (Å²) in [6, 6.07) is 3.36. The van der Waals surface area contributed by atoms with Crippen LogP contribution in [0.3, 0.4) is 0 Å². The molecule has 5 heteroatoms. The number of amides is 1. The van der Waals surface area contributed by atoms with Gasteiger partial charge in [0.25, 0.3) is 0 Å². The molecule has 2 N–H and O–H groups in total. The summed E-state index contributed by atoms with van der Waals surface area (Å²) in [5.74, 6) is 1.19. The number of nitrogens with one attached hydrogen (secondary N) is 1. The quantitative estimate of drug-likeness (QED) is 0.861. The summed E-state index contributed by atoms with van der Waals surface area (Å²) in [7, 11) is 3.17. The zero-order chi connectivity index (χ0) is 14.0. The second-order valence-corrected chi connectivity index (χ2v) is 4.66. The highest BCUT2D eigenvalue weighted by Gasteiger charge is 2.31. The van der Waals surface area contributed by atoms with Gasteiger partial charge in [0.15, 0.2) is 11.5 Å². The molecule has 1 aromatic rings. The van der Waals surface area contributed by atoms with Crippen LogP contribution in [-0.2, 0) is 11.2 Å². The van der Waals surface area contributed by atoms with Gasteiger partial charge in [-0.25, -0.2) is 0 Å². The summed E-state index contributed by atoms with van der Waals surface area (Å²) in [6.07, 6.45) is 0.696. The van der Waals surface area contributed by atoms with E-state index in [-0.39, 0.29) is 11.9 Å². The number of carbonyl (C=O) groups excluding carboxylic acids is 1. The van der Waals surface area contributed by atoms with Crippen molar-refractivity contribution >= 4 is 5.91 Å². The Morgan fingerprint density at radius 1 is 1.37 bits per heavy atom. The molecule has 0 fully saturated rings. The molecule has 1 aliphatic carbocycles. The second-order valence-electron chi connectivity index (χ2n) is 4.66. The van der Waals surface area contributed by atoms with E-state index in [2.05, 4.69) is 5.32 Å². The zero-order valence-corrected chi connectivity index (χ0v) is 11.4. The third kappa shape index (κ3) is 2.51. The van der Waals surface area contributed by atoms with E-state index >= 15 is 0 Å². The number of carbonyl (C=O) groups is 1. The van der Waals surface area contributed by atoms with Crippen LogP contribution >= 0.6 is 0 Å². The molecule has 2 atom stereocenters. The van der Waals surface area contributed by atoms with Crippen molar-refractivity contribution < 1.29 is 19.4 Å². The van der Waals surface area contributed by atoms with Gasteiger partial charge in [-0.15, -0.1) is 0 Å². The van der Waals surface area contributed by atoms with Crippen LogP contribution in [0.25, 0.3) is 0 Å². The van der Waals surface area contributed by atoms with E-state index in [1.54, 1.807) is 20.3 Å². The lowest BCUT2D eigenvalue weighted by Gasteiger charge is -2.31. The van der Waals surface area contributed by atoms with Gasteiger partial charge in [-0.2, -0.15) is 0 Å². The van der Waals surface area contributed by atoms with Gasteiger partial charge >= 0.3 is 0 Å². The van der Waals surface area contributed by atoms with E-state index in [0.29, 0.717) is 17.9 Å². The standard InChI is InChI=1S/C14H19NO4/c1-8(16)15-11-6-4-10-9(13(11)17)5-7-12(18-2)14(10)19-3/h5,7,11,13,17H,4,6H2,1-3H3,(H,15,16). The maximum Gasteiger partial charge on any atom is 0.217 e. The highest BCUT2D eigenvalue weighted by Crippen LogP contribution is 2.40. The predicted molar refractivity (Wildman–Crippen MR) is 70.4 cm³/mol. The van der Waals surface area contributed by atoms with Gasteiger partial charge < -0.3 is 19.9 Å². The normalized spacial score (nSPS) is 21.5. The Labute approximate surface area is 112 Å². The molecule has 1 amide bonds. The molecule has 0 heterocycles. The molecule has 1 aromatic carbocycles. The lowest BCUT2D eigenvalue weighted by Crippen LogP contribution is -2.40. The Balaban J connectivity index is 2.37. The van der Waals surface area contributed by atoms with Crippen molar-refractivity contribution in [1.29, 1.82) is 0 Å². The summed E-state index contributed by atoms with van der Waals surface area (Å²) in [5.41, 5.74) is 1.75. The van der Waals surface area contributed by atoms with Crippen LogP contribution < -0.4 is 14.8 Å². The number of aliphatic hydroxyl groups excluding tert-OH is 1. The number of benzene rings is 1. The zero-order valence-electron chi connectivity index (χ0n) is 11.4. The molecule has 0 bridgehead atoms. The number of rotatable bonds is 3. The molecule has 0 saturated carbocycles. The van der Waals surface area contributed by atoms with Gasteiger partial charge in [0, 0.05) is 12.5 Å². The molecule has 19 heavy (non-hydrogen) atoms. The molecular weight excluding hydrogens is 246 g/mol. The molecular formula is C14H19NO4. The van der Waals surface area contributed by atoms with E-state index in [4.69, 9.17) is 9.47 Å². The largest absolute Gasteiger partial charge is 0.493 e. The Hall–Kier alpha value is -1.75. The first-order valence-electron chi connectivity index (χ1n) is 6.27. The van der Waals surface area contributed by atoms with Crippen LogP contribution in [0.15, 0.2) is 12.1 Å². The van der Waals surface area contributed by atoms with E-state index in [0.717, 1.165) is 17.5 Å². The molecule has 0 aromatic heterocycles. The maximum atomic E-state index is 11.1. The second kappa shape index (κ2) is 5.48. The lowest BCUT2D eigenvalue weighted by molar-refractivity contribution is -0.120. The number of aliphatic hydroxyl groups is 1. The molecule has 104 valence electrons. The molecule has 0 spiro atoms. The van der Waals surface area contributed by atoms with E-state index in [9.17, 15) is 9.90 Å². The van der Waals surface area contributed by atoms with E-state index in [1.807, 2.05) is 6.07 Å². The smallest absolute Gasteiger partial charge is 0.217 e. The average molecular weight is 265 g/mol. The summed E-state index contributed by atoms with van der Waals surface area (Å²) in [5, 5.41) is 13.1. The van der Waals surface area contributed by atoms with Crippen molar-refractivity contribution in [2.75, 3.05) is 14.2 Å². The van der Waals surface area contributed by atoms with Crippen molar-refractivity contribution in [3.63, 3.8) is 0 Å². The van der Waals surface area contributed by atoms with E-state index in [1.165, 1.54) is 6.92 Å². The fraction of sp³-hybridized carbons (Fsp3) is 0.500. The number of fused-ring (bicyclic) bond motifs is 1.